The van der Waals surface area contributed by atoms with Gasteiger partial charge in [-0.2, -0.15) is 16.1 Å². The van der Waals surface area contributed by atoms with E-state index in [4.69, 9.17) is 19.5 Å². The fraction of sp³-hybridized carbons (Fsp3) is 0.688. The number of phosphoric ester groups is 3. The molecule has 0 bridgehead atoms. The summed E-state index contributed by atoms with van der Waals surface area (Å²) in [5.74, 6) is -2.16. The fourth-order valence-corrected chi connectivity index (χ4v) is 9.26. The number of aliphatic hydroxyl groups excluding tert-OH is 2. The summed E-state index contributed by atoms with van der Waals surface area (Å²) in [6.45, 7) is 2.03. The van der Waals surface area contributed by atoms with Gasteiger partial charge >= 0.3 is 29.4 Å². The van der Waals surface area contributed by atoms with Gasteiger partial charge in [0, 0.05) is 44.1 Å². The Bertz CT molecular complexity index is 2110. The zero-order valence-corrected chi connectivity index (χ0v) is 38.9. The van der Waals surface area contributed by atoms with Crippen molar-refractivity contribution in [1.82, 2.24) is 40.8 Å². The van der Waals surface area contributed by atoms with E-state index in [9.17, 15) is 67.5 Å². The first kappa shape index (κ1) is 55.6. The van der Waals surface area contributed by atoms with Crippen LogP contribution in [-0.2, 0) is 65.0 Å². The van der Waals surface area contributed by atoms with Gasteiger partial charge in [-0.15, -0.1) is 0 Å². The predicted octanol–water partition coefficient (Wildman–Crippen LogP) is -1.90. The molecular weight excluding hydrogens is 955 g/mol. The highest BCUT2D eigenvalue weighted by Crippen LogP contribution is 2.61. The number of methoxy groups -OCH3 is 1. The number of thioether (sulfide) groups is 1. The number of aromatic nitrogens is 4. The van der Waals surface area contributed by atoms with Gasteiger partial charge in [-0.05, 0) is 19.3 Å². The molecule has 29 nitrogen and oxygen atoms in total. The molecule has 0 aromatic carbocycles. The average molecular weight is 1010 g/mol. The molecule has 1 saturated heterocycles. The number of fused-ring (bicyclic) bond motifs is 1. The predicted molar refractivity (Wildman–Crippen MR) is 223 cm³/mol. The Morgan fingerprint density at radius 3 is 2.31 bits per heavy atom. The largest absolute Gasteiger partial charge is 0.481 e. The van der Waals surface area contributed by atoms with Crippen molar-refractivity contribution in [2.24, 2.45) is 5.41 Å². The maximum absolute atomic E-state index is 12.7. The minimum Gasteiger partial charge on any atom is -0.467 e. The molecule has 3 rings (SSSR count). The van der Waals surface area contributed by atoms with Crippen LogP contribution >= 0.6 is 35.2 Å². The molecule has 0 saturated carbocycles. The van der Waals surface area contributed by atoms with Gasteiger partial charge in [0.05, 0.1) is 32.4 Å². The maximum Gasteiger partial charge on any atom is 0.481 e. The molecule has 4 amide bonds. The zero-order valence-electron chi connectivity index (χ0n) is 35.4. The van der Waals surface area contributed by atoms with Gasteiger partial charge in [0.15, 0.2) is 17.7 Å². The lowest BCUT2D eigenvalue weighted by Gasteiger charge is -2.30. The number of rotatable bonds is 28. The molecule has 1 fully saturated rings. The van der Waals surface area contributed by atoms with Gasteiger partial charge < -0.3 is 66.3 Å². The number of nitrogen functional groups attached to an aromatic ring is 1. The number of nitrogens with one attached hydrogen (secondary N) is 4. The molecule has 2 aromatic heterocycles. The van der Waals surface area contributed by atoms with E-state index in [1.165, 1.54) is 39.6 Å². The second-order valence-electron chi connectivity index (χ2n) is 14.7. The minimum absolute atomic E-state index is 0.0198. The molecule has 65 heavy (non-hydrogen) atoms. The van der Waals surface area contributed by atoms with Crippen LogP contribution in [0.5, 0.6) is 0 Å². The summed E-state index contributed by atoms with van der Waals surface area (Å²) in [5.41, 5.74) is 4.22. The quantitative estimate of drug-likeness (QED) is 0.0252. The van der Waals surface area contributed by atoms with Crippen LogP contribution in [0.25, 0.3) is 11.2 Å². The summed E-state index contributed by atoms with van der Waals surface area (Å²) in [6.07, 6.45) is -5.60. The highest BCUT2D eigenvalue weighted by molar-refractivity contribution is 7.99. The molecule has 33 heteroatoms. The molecule has 1 aliphatic rings. The number of hydrogen-bond donors (Lipinski definition) is 11. The lowest BCUT2D eigenvalue weighted by atomic mass is 9.87. The average Bonchev–Trinajstić information content (AvgIpc) is 3.77. The highest BCUT2D eigenvalue weighted by Gasteiger charge is 2.50. The van der Waals surface area contributed by atoms with Crippen LogP contribution in [0.4, 0.5) is 5.82 Å². The number of carbonyl (C=O) groups is 5. The maximum atomic E-state index is 12.7. The number of amides is 4. The van der Waals surface area contributed by atoms with E-state index in [1.54, 1.807) is 0 Å². The summed E-state index contributed by atoms with van der Waals surface area (Å²) in [4.78, 5) is 111. The number of aliphatic hydroxyl groups is 2. The van der Waals surface area contributed by atoms with Crippen LogP contribution in [0.1, 0.15) is 52.7 Å². The summed E-state index contributed by atoms with van der Waals surface area (Å²) in [7, 11) is -15.2. The van der Waals surface area contributed by atoms with Crippen molar-refractivity contribution in [1.29, 1.82) is 0 Å². The number of ether oxygens (including phenoxy) is 2. The van der Waals surface area contributed by atoms with E-state index in [0.29, 0.717) is 31.6 Å². The molecule has 3 unspecified atom stereocenters. The van der Waals surface area contributed by atoms with Crippen LogP contribution in [0.3, 0.4) is 0 Å². The van der Waals surface area contributed by atoms with E-state index in [0.717, 1.165) is 17.2 Å². The molecule has 8 atom stereocenters. The number of anilines is 1. The first-order valence-electron chi connectivity index (χ1n) is 19.3. The van der Waals surface area contributed by atoms with Crippen LogP contribution < -0.4 is 27.0 Å². The SMILES string of the molecule is COC(=O)[C@H](CCCCNC(=O)CSCCNC(=O)CCNC(=O)[C@@H](O)C(C)(C)COP(=O)(O)OP(=O)(O)OC[C@H]1O[C@@H](n2cnc3c(N)ncnc32)C(O)[C@H]1OP(=O)(O)O)NC(C)=O. The molecule has 2 aromatic rings. The van der Waals surface area contributed by atoms with Gasteiger partial charge in [0.25, 0.3) is 0 Å². The van der Waals surface area contributed by atoms with Gasteiger partial charge in [-0.1, -0.05) is 13.8 Å². The zero-order chi connectivity index (χ0) is 48.8. The summed E-state index contributed by atoms with van der Waals surface area (Å²) in [5, 5.41) is 31.7. The number of nitrogens with zero attached hydrogens (tertiary/aromatic N) is 4. The molecule has 0 aliphatic carbocycles. The monoisotopic (exact) mass is 1010 g/mol. The van der Waals surface area contributed by atoms with Crippen molar-refractivity contribution in [3.8, 4) is 0 Å². The number of imidazole rings is 1. The first-order chi connectivity index (χ1) is 30.3. The number of carbonyl (C=O) groups excluding carboxylic acids is 5. The third-order valence-electron chi connectivity index (χ3n) is 8.98. The molecule has 0 spiro atoms. The van der Waals surface area contributed by atoms with E-state index in [1.807, 2.05) is 0 Å². The van der Waals surface area contributed by atoms with Crippen molar-refractivity contribution in [3.63, 3.8) is 0 Å². The number of hydrogen-bond acceptors (Lipinski definition) is 21. The standard InChI is InChI=1S/C32H54N9O20P3S/c1-18(42)40-19(31(48)56-4)7-5-6-9-34-22(44)14-65-12-11-35-21(43)8-10-36-29(47)26(46)32(2,3)15-58-64(54,55)61-63(52,53)57-13-20-25(60-62(49,50)51)24(45)30(59-20)41-17-39-23-27(33)37-16-38-28(23)41/h16-17,19-20,24-26,30,45-46H,5-15H2,1-4H3,(H,34,44)(H,35,43)(H,36,47)(H,40,42)(H,52,53)(H,54,55)(H2,33,37,38)(H2,49,50,51)/t19-,20+,24?,25-,26+,30+/m0/s1. The third-order valence-corrected chi connectivity index (χ3v) is 13.0. The second-order valence-corrected chi connectivity index (χ2v) is 20.1. The Morgan fingerprint density at radius 1 is 0.969 bits per heavy atom. The minimum atomic E-state index is -5.60. The van der Waals surface area contributed by atoms with Gasteiger partial charge in [-0.25, -0.2) is 33.4 Å². The summed E-state index contributed by atoms with van der Waals surface area (Å²) in [6, 6.07) is -0.766. The number of phosphoric acid groups is 3. The molecule has 0 radical (unpaired) electrons. The van der Waals surface area contributed by atoms with Crippen molar-refractivity contribution in [2.75, 3.05) is 57.2 Å². The number of nitrogens with two attached hydrogens (primary N) is 1. The van der Waals surface area contributed by atoms with Crippen molar-refractivity contribution in [3.05, 3.63) is 12.7 Å². The molecule has 3 heterocycles. The van der Waals surface area contributed by atoms with Gasteiger partial charge in [0.1, 0.15) is 42.3 Å². The van der Waals surface area contributed by atoms with Crippen molar-refractivity contribution >= 4 is 81.8 Å². The lowest BCUT2D eigenvalue weighted by molar-refractivity contribution is -0.145. The molecular formula is C32H54N9O20P3S. The highest BCUT2D eigenvalue weighted by atomic mass is 32.2. The summed E-state index contributed by atoms with van der Waals surface area (Å²) < 4.78 is 66.9. The number of unbranched alkanes of at least 4 members (excludes halogenated alkanes) is 1. The third kappa shape index (κ3) is 18.5. The number of esters is 1. The van der Waals surface area contributed by atoms with Crippen LogP contribution in [-0.4, -0.2) is 161 Å². The summed E-state index contributed by atoms with van der Waals surface area (Å²) >= 11 is 1.26. The van der Waals surface area contributed by atoms with E-state index >= 15 is 0 Å². The molecule has 12 N–H and O–H groups in total. The topological polar surface area (TPSA) is 431 Å². The van der Waals surface area contributed by atoms with Gasteiger partial charge in [0.2, 0.25) is 23.6 Å². The van der Waals surface area contributed by atoms with E-state index < -0.39 is 96.6 Å². The Balaban J connectivity index is 1.36. The lowest BCUT2D eigenvalue weighted by Crippen LogP contribution is -2.46. The molecule has 1 aliphatic heterocycles. The Labute approximate surface area is 375 Å². The smallest absolute Gasteiger partial charge is 0.467 e. The van der Waals surface area contributed by atoms with Crippen LogP contribution in [0.2, 0.25) is 0 Å². The molecule has 368 valence electrons. The fourth-order valence-electron chi connectivity index (χ4n) is 5.76. The second kappa shape index (κ2) is 24.9. The normalized spacial score (nSPS) is 20.5. The Kier molecular flexibility index (Phi) is 21.3. The van der Waals surface area contributed by atoms with Crippen LogP contribution in [0.15, 0.2) is 12.7 Å². The van der Waals surface area contributed by atoms with E-state index in [-0.39, 0.29) is 54.1 Å². The van der Waals surface area contributed by atoms with Crippen molar-refractivity contribution in [2.45, 2.75) is 83.1 Å². The first-order valence-corrected chi connectivity index (χ1v) is 25.0. The van der Waals surface area contributed by atoms with Crippen LogP contribution in [0, 0.1) is 5.41 Å². The van der Waals surface area contributed by atoms with E-state index in [2.05, 4.69) is 49.8 Å². The Hall–Kier alpha value is -3.70. The van der Waals surface area contributed by atoms with Crippen molar-refractivity contribution < 1.29 is 94.8 Å². The Morgan fingerprint density at radius 2 is 1.65 bits per heavy atom. The van der Waals surface area contributed by atoms with Gasteiger partial charge in [-0.3, -0.25) is 37.3 Å².